The van der Waals surface area contributed by atoms with E-state index in [1.807, 2.05) is 0 Å². The minimum Gasteiger partial charge on any atom is -0.477 e. The number of nitro benzene ring substituents is 1. The molecule has 0 atom stereocenters. The second-order valence-corrected chi connectivity index (χ2v) is 3.54. The highest BCUT2D eigenvalue weighted by atomic mass is 16.6. The highest BCUT2D eigenvalue weighted by Gasteiger charge is 2.08. The Morgan fingerprint density at radius 2 is 2.05 bits per heavy atom. The fraction of sp³-hybridized carbons (Fsp3) is 0. The lowest BCUT2D eigenvalue weighted by Crippen LogP contribution is -1.99. The number of aromatic carboxylic acids is 1. The minimum absolute atomic E-state index is 0.0902. The van der Waals surface area contributed by atoms with Gasteiger partial charge in [-0.1, -0.05) is 6.07 Å². The first-order valence-electron chi connectivity index (χ1n) is 5.18. The van der Waals surface area contributed by atoms with Gasteiger partial charge in [-0.05, 0) is 18.2 Å². The molecule has 0 fully saturated rings. The van der Waals surface area contributed by atoms with Crippen LogP contribution in [-0.4, -0.2) is 21.0 Å². The third-order valence-electron chi connectivity index (χ3n) is 2.22. The molecule has 0 unspecified atom stereocenters. The highest BCUT2D eigenvalue weighted by Crippen LogP contribution is 2.24. The van der Waals surface area contributed by atoms with Gasteiger partial charge >= 0.3 is 5.97 Å². The van der Waals surface area contributed by atoms with E-state index in [4.69, 9.17) is 9.84 Å². The molecular formula is C12H8N2O5. The lowest BCUT2D eigenvalue weighted by molar-refractivity contribution is -0.384. The maximum absolute atomic E-state index is 10.6. The van der Waals surface area contributed by atoms with Gasteiger partial charge < -0.3 is 9.84 Å². The normalized spacial score (nSPS) is 9.89. The number of hydrogen-bond donors (Lipinski definition) is 1. The number of carboxylic acids is 1. The number of carboxylic acid groups (broad SMARTS) is 1. The van der Waals surface area contributed by atoms with E-state index >= 15 is 0 Å². The molecule has 7 nitrogen and oxygen atoms in total. The van der Waals surface area contributed by atoms with Gasteiger partial charge in [0.25, 0.3) is 5.69 Å². The van der Waals surface area contributed by atoms with Crippen molar-refractivity contribution >= 4 is 11.7 Å². The van der Waals surface area contributed by atoms with Crippen LogP contribution in [-0.2, 0) is 0 Å². The van der Waals surface area contributed by atoms with E-state index in [0.717, 1.165) is 0 Å². The Morgan fingerprint density at radius 1 is 1.26 bits per heavy atom. The molecule has 1 N–H and O–H groups in total. The Labute approximate surface area is 107 Å². The lowest BCUT2D eigenvalue weighted by Gasteiger charge is -2.04. The number of benzene rings is 1. The van der Waals surface area contributed by atoms with Crippen LogP contribution in [0, 0.1) is 10.1 Å². The van der Waals surface area contributed by atoms with Crippen LogP contribution in [0.1, 0.15) is 10.5 Å². The Kier molecular flexibility index (Phi) is 3.37. The molecule has 96 valence electrons. The number of pyridine rings is 1. The van der Waals surface area contributed by atoms with Crippen LogP contribution in [0.4, 0.5) is 5.69 Å². The quantitative estimate of drug-likeness (QED) is 0.669. The Hall–Kier alpha value is -2.96. The first-order valence-corrected chi connectivity index (χ1v) is 5.18. The second-order valence-electron chi connectivity index (χ2n) is 3.54. The molecule has 1 aromatic carbocycles. The second kappa shape index (κ2) is 5.13. The predicted molar refractivity (Wildman–Crippen MR) is 64.4 cm³/mol. The summed E-state index contributed by atoms with van der Waals surface area (Å²) in [6, 6.07) is 8.37. The molecular weight excluding hydrogens is 252 g/mol. The Balaban J connectivity index is 2.19. The van der Waals surface area contributed by atoms with Crippen molar-refractivity contribution in [3.8, 4) is 11.5 Å². The molecule has 0 spiro atoms. The van der Waals surface area contributed by atoms with Crippen molar-refractivity contribution in [2.75, 3.05) is 0 Å². The van der Waals surface area contributed by atoms with Gasteiger partial charge in [-0.3, -0.25) is 10.1 Å². The average Bonchev–Trinajstić information content (AvgIpc) is 2.39. The molecule has 1 aromatic heterocycles. The van der Waals surface area contributed by atoms with E-state index in [2.05, 4.69) is 4.98 Å². The standard InChI is InChI=1S/C12H8N2O5/c15-12(16)11-5-4-10(7-13-11)19-9-3-1-2-8(6-9)14(17)18/h1-7H,(H,15,16). The molecule has 0 aliphatic heterocycles. The Bertz CT molecular complexity index is 624. The van der Waals surface area contributed by atoms with Crippen molar-refractivity contribution in [3.63, 3.8) is 0 Å². The van der Waals surface area contributed by atoms with Crippen LogP contribution < -0.4 is 4.74 Å². The lowest BCUT2D eigenvalue weighted by atomic mass is 10.3. The van der Waals surface area contributed by atoms with Crippen molar-refractivity contribution in [3.05, 3.63) is 58.4 Å². The van der Waals surface area contributed by atoms with Crippen molar-refractivity contribution in [2.45, 2.75) is 0 Å². The maximum Gasteiger partial charge on any atom is 0.354 e. The summed E-state index contributed by atoms with van der Waals surface area (Å²) in [4.78, 5) is 24.4. The SMILES string of the molecule is O=C(O)c1ccc(Oc2cccc([N+](=O)[O-])c2)cn1. The number of nitrogens with zero attached hydrogens (tertiary/aromatic N) is 2. The average molecular weight is 260 g/mol. The van der Waals surface area contributed by atoms with Gasteiger partial charge in [0.2, 0.25) is 0 Å². The summed E-state index contributed by atoms with van der Waals surface area (Å²) in [5, 5.41) is 19.3. The van der Waals surface area contributed by atoms with Crippen molar-refractivity contribution in [1.29, 1.82) is 0 Å². The number of non-ortho nitro benzene ring substituents is 1. The van der Waals surface area contributed by atoms with E-state index in [9.17, 15) is 14.9 Å². The van der Waals surface area contributed by atoms with Crippen LogP contribution in [0.15, 0.2) is 42.6 Å². The molecule has 0 aliphatic carbocycles. The molecule has 1 heterocycles. The number of hydrogen-bond acceptors (Lipinski definition) is 5. The zero-order chi connectivity index (χ0) is 13.8. The molecule has 7 heteroatoms. The molecule has 0 saturated heterocycles. The van der Waals surface area contributed by atoms with E-state index in [1.165, 1.54) is 36.5 Å². The summed E-state index contributed by atoms with van der Waals surface area (Å²) < 4.78 is 5.34. The first-order chi connectivity index (χ1) is 9.06. The summed E-state index contributed by atoms with van der Waals surface area (Å²) in [6.45, 7) is 0. The molecule has 0 saturated carbocycles. The van der Waals surface area contributed by atoms with Gasteiger partial charge in [0.1, 0.15) is 17.2 Å². The molecule has 2 aromatic rings. The number of carbonyl (C=O) groups is 1. The summed E-state index contributed by atoms with van der Waals surface area (Å²) >= 11 is 0. The Morgan fingerprint density at radius 3 is 2.63 bits per heavy atom. The zero-order valence-corrected chi connectivity index (χ0v) is 9.52. The fourth-order valence-corrected chi connectivity index (χ4v) is 1.36. The molecule has 19 heavy (non-hydrogen) atoms. The van der Waals surface area contributed by atoms with Crippen LogP contribution in [0.2, 0.25) is 0 Å². The van der Waals surface area contributed by atoms with Gasteiger partial charge in [0, 0.05) is 6.07 Å². The van der Waals surface area contributed by atoms with E-state index in [0.29, 0.717) is 5.75 Å². The van der Waals surface area contributed by atoms with Crippen LogP contribution >= 0.6 is 0 Å². The van der Waals surface area contributed by atoms with Gasteiger partial charge in [-0.2, -0.15) is 0 Å². The monoisotopic (exact) mass is 260 g/mol. The van der Waals surface area contributed by atoms with E-state index < -0.39 is 10.9 Å². The molecule has 0 bridgehead atoms. The topological polar surface area (TPSA) is 103 Å². The van der Waals surface area contributed by atoms with Gasteiger partial charge in [0.05, 0.1) is 17.2 Å². The summed E-state index contributed by atoms with van der Waals surface area (Å²) in [6.07, 6.45) is 1.24. The van der Waals surface area contributed by atoms with E-state index in [-0.39, 0.29) is 17.1 Å². The number of nitro groups is 1. The van der Waals surface area contributed by atoms with Crippen LogP contribution in [0.5, 0.6) is 11.5 Å². The number of aromatic nitrogens is 1. The first kappa shape index (κ1) is 12.5. The van der Waals surface area contributed by atoms with Gasteiger partial charge in [0.15, 0.2) is 0 Å². The summed E-state index contributed by atoms with van der Waals surface area (Å²) in [7, 11) is 0. The van der Waals surface area contributed by atoms with Crippen molar-refractivity contribution < 1.29 is 19.6 Å². The van der Waals surface area contributed by atoms with Crippen molar-refractivity contribution in [2.24, 2.45) is 0 Å². The minimum atomic E-state index is -1.14. The van der Waals surface area contributed by atoms with Crippen LogP contribution in [0.3, 0.4) is 0 Å². The van der Waals surface area contributed by atoms with Crippen molar-refractivity contribution in [1.82, 2.24) is 4.98 Å². The molecule has 0 amide bonds. The largest absolute Gasteiger partial charge is 0.477 e. The van der Waals surface area contributed by atoms with Gasteiger partial charge in [-0.25, -0.2) is 9.78 Å². The number of rotatable bonds is 4. The maximum atomic E-state index is 10.6. The fourth-order valence-electron chi connectivity index (χ4n) is 1.36. The molecule has 0 radical (unpaired) electrons. The smallest absolute Gasteiger partial charge is 0.354 e. The summed E-state index contributed by atoms with van der Waals surface area (Å²) in [5.74, 6) is -0.563. The van der Waals surface area contributed by atoms with Crippen LogP contribution in [0.25, 0.3) is 0 Å². The molecule has 0 aliphatic rings. The third-order valence-corrected chi connectivity index (χ3v) is 2.22. The van der Waals surface area contributed by atoms with Gasteiger partial charge in [-0.15, -0.1) is 0 Å². The zero-order valence-electron chi connectivity index (χ0n) is 9.52. The number of ether oxygens (including phenoxy) is 1. The molecule has 2 rings (SSSR count). The highest BCUT2D eigenvalue weighted by molar-refractivity contribution is 5.85. The third kappa shape index (κ3) is 3.03. The van der Waals surface area contributed by atoms with E-state index in [1.54, 1.807) is 6.07 Å². The summed E-state index contributed by atoms with van der Waals surface area (Å²) in [5.41, 5.74) is -0.195. The predicted octanol–water partition coefficient (Wildman–Crippen LogP) is 2.48.